The highest BCUT2D eigenvalue weighted by molar-refractivity contribution is 5.91. The average Bonchev–Trinajstić information content (AvgIpc) is 2.83. The highest BCUT2D eigenvalue weighted by atomic mass is 16.1. The summed E-state index contributed by atoms with van der Waals surface area (Å²) in [6, 6.07) is 0. The Hall–Kier alpha value is -1.29. The number of carbonyl (C=O) groups excluding carboxylic acids is 1. The van der Waals surface area contributed by atoms with Gasteiger partial charge in [0.15, 0.2) is 5.78 Å². The number of fused-ring (bicyclic) bond motifs is 5. The highest BCUT2D eigenvalue weighted by Gasteiger charge is 2.53. The van der Waals surface area contributed by atoms with Crippen LogP contribution in [0.4, 0.5) is 0 Å². The smallest absolute Gasteiger partial charge is 0.155 e. The molecule has 5 atom stereocenters. The second kappa shape index (κ2) is 4.60. The van der Waals surface area contributed by atoms with Crippen LogP contribution in [0.15, 0.2) is 23.3 Å². The van der Waals surface area contributed by atoms with Crippen LogP contribution in [0.25, 0.3) is 0 Å². The molecule has 0 amide bonds. The number of hydrogen-bond donors (Lipinski definition) is 0. The van der Waals surface area contributed by atoms with Gasteiger partial charge in [-0.25, -0.2) is 0 Å². The predicted octanol–water partition coefficient (Wildman–Crippen LogP) is 4.30. The van der Waals surface area contributed by atoms with Gasteiger partial charge in [-0.2, -0.15) is 0 Å². The van der Waals surface area contributed by atoms with E-state index in [1.807, 2.05) is 6.08 Å². The maximum atomic E-state index is 11.7. The van der Waals surface area contributed by atoms with Crippen LogP contribution < -0.4 is 0 Å². The van der Waals surface area contributed by atoms with Gasteiger partial charge in [-0.3, -0.25) is 4.79 Å². The fourth-order valence-electron chi connectivity index (χ4n) is 5.97. The third-order valence-corrected chi connectivity index (χ3v) is 7.04. The van der Waals surface area contributed by atoms with Crippen LogP contribution in [-0.2, 0) is 4.79 Å². The lowest BCUT2D eigenvalue weighted by molar-refractivity contribution is -0.115. The monoisotopic (exact) mass is 280 g/mol. The molecule has 0 N–H and O–H groups in total. The highest BCUT2D eigenvalue weighted by Crippen LogP contribution is 2.61. The largest absolute Gasteiger partial charge is 0.295 e. The van der Waals surface area contributed by atoms with E-state index in [9.17, 15) is 4.79 Å². The average molecular weight is 280 g/mol. The molecular formula is C20H24O. The first-order chi connectivity index (χ1) is 10.1. The van der Waals surface area contributed by atoms with Crippen LogP contribution in [0.5, 0.6) is 0 Å². The maximum absolute atomic E-state index is 11.7. The molecule has 0 aromatic carbocycles. The molecule has 4 aliphatic carbocycles. The Morgan fingerprint density at radius 2 is 2.10 bits per heavy atom. The standard InChI is InChI=1S/C20H24O/c1-3-14-5-9-19-18-7-4-13-12-15(21)6-8-16(13)17(18)10-11-20(14,19)2/h1,5,12,16-19H,4,6-11H2,2H3/t16-,17?,18?,19?,20+/m0/s1. The SMILES string of the molecule is C#CC1=CCC2C3CCC4=CC(=O)CC[C@@H]4C3CC[C@]12C. The van der Waals surface area contributed by atoms with Gasteiger partial charge in [-0.15, -0.1) is 6.42 Å². The van der Waals surface area contributed by atoms with Crippen molar-refractivity contribution in [3.8, 4) is 12.3 Å². The third kappa shape index (κ3) is 1.81. The van der Waals surface area contributed by atoms with Crippen molar-refractivity contribution in [1.82, 2.24) is 0 Å². The zero-order valence-corrected chi connectivity index (χ0v) is 12.9. The molecule has 4 rings (SSSR count). The minimum Gasteiger partial charge on any atom is -0.295 e. The summed E-state index contributed by atoms with van der Waals surface area (Å²) in [6.07, 6.45) is 18.1. The summed E-state index contributed by atoms with van der Waals surface area (Å²) in [5, 5.41) is 0. The molecule has 110 valence electrons. The van der Waals surface area contributed by atoms with Crippen LogP contribution >= 0.6 is 0 Å². The van der Waals surface area contributed by atoms with E-state index >= 15 is 0 Å². The summed E-state index contributed by atoms with van der Waals surface area (Å²) in [6.45, 7) is 2.41. The van der Waals surface area contributed by atoms with Gasteiger partial charge in [0.05, 0.1) is 0 Å². The topological polar surface area (TPSA) is 17.1 Å². The molecule has 0 aromatic heterocycles. The molecule has 0 saturated heterocycles. The molecule has 2 fully saturated rings. The van der Waals surface area contributed by atoms with Crippen molar-refractivity contribution < 1.29 is 4.79 Å². The summed E-state index contributed by atoms with van der Waals surface area (Å²) in [4.78, 5) is 11.7. The Balaban J connectivity index is 1.64. The third-order valence-electron chi connectivity index (χ3n) is 7.04. The first-order valence-electron chi connectivity index (χ1n) is 8.54. The van der Waals surface area contributed by atoms with Gasteiger partial charge >= 0.3 is 0 Å². The van der Waals surface area contributed by atoms with Gasteiger partial charge in [-0.05, 0) is 68.3 Å². The second-order valence-electron chi connectivity index (χ2n) is 7.76. The molecule has 3 unspecified atom stereocenters. The quantitative estimate of drug-likeness (QED) is 0.605. The van der Waals surface area contributed by atoms with Crippen molar-refractivity contribution in [3.05, 3.63) is 23.3 Å². The van der Waals surface area contributed by atoms with E-state index in [0.717, 1.165) is 37.0 Å². The number of terminal acetylenes is 1. The van der Waals surface area contributed by atoms with Gasteiger partial charge < -0.3 is 0 Å². The molecule has 0 radical (unpaired) electrons. The Morgan fingerprint density at radius 3 is 2.90 bits per heavy atom. The minimum absolute atomic E-state index is 0.265. The minimum atomic E-state index is 0.265. The van der Waals surface area contributed by atoms with Gasteiger partial charge in [0.1, 0.15) is 0 Å². The first-order valence-corrected chi connectivity index (χ1v) is 8.54. The lowest BCUT2D eigenvalue weighted by Gasteiger charge is -2.53. The number of allylic oxidation sites excluding steroid dienone is 4. The molecule has 21 heavy (non-hydrogen) atoms. The first kappa shape index (κ1) is 13.4. The van der Waals surface area contributed by atoms with Crippen molar-refractivity contribution in [1.29, 1.82) is 0 Å². The zero-order valence-electron chi connectivity index (χ0n) is 12.9. The molecule has 0 aliphatic heterocycles. The normalized spacial score (nSPS) is 44.9. The van der Waals surface area contributed by atoms with Gasteiger partial charge in [0, 0.05) is 17.4 Å². The fourth-order valence-corrected chi connectivity index (χ4v) is 5.97. The molecule has 0 bridgehead atoms. The van der Waals surface area contributed by atoms with E-state index in [1.54, 1.807) is 0 Å². The predicted molar refractivity (Wildman–Crippen MR) is 84.4 cm³/mol. The van der Waals surface area contributed by atoms with E-state index in [1.165, 1.54) is 36.8 Å². The summed E-state index contributed by atoms with van der Waals surface area (Å²) in [7, 11) is 0. The number of carbonyl (C=O) groups is 1. The van der Waals surface area contributed by atoms with Crippen LogP contribution in [-0.4, -0.2) is 5.78 Å². The summed E-state index contributed by atoms with van der Waals surface area (Å²) >= 11 is 0. The lowest BCUT2D eigenvalue weighted by Crippen LogP contribution is -2.45. The fraction of sp³-hybridized carbons (Fsp3) is 0.650. The summed E-state index contributed by atoms with van der Waals surface area (Å²) in [5.41, 5.74) is 3.01. The van der Waals surface area contributed by atoms with Gasteiger partial charge in [-0.1, -0.05) is 24.5 Å². The van der Waals surface area contributed by atoms with Crippen molar-refractivity contribution in [2.75, 3.05) is 0 Å². The van der Waals surface area contributed by atoms with E-state index in [-0.39, 0.29) is 5.41 Å². The molecule has 2 saturated carbocycles. The zero-order chi connectivity index (χ0) is 14.6. The maximum Gasteiger partial charge on any atom is 0.155 e. The van der Waals surface area contributed by atoms with Crippen LogP contribution in [0, 0.1) is 41.4 Å². The van der Waals surface area contributed by atoms with Crippen LogP contribution in [0.2, 0.25) is 0 Å². The summed E-state index contributed by atoms with van der Waals surface area (Å²) in [5.74, 6) is 6.40. The van der Waals surface area contributed by atoms with E-state index in [0.29, 0.717) is 11.7 Å². The van der Waals surface area contributed by atoms with Crippen LogP contribution in [0.1, 0.15) is 51.9 Å². The van der Waals surface area contributed by atoms with Crippen molar-refractivity contribution in [3.63, 3.8) is 0 Å². The Bertz CT molecular complexity index is 587. The molecule has 1 heteroatoms. The van der Waals surface area contributed by atoms with Crippen molar-refractivity contribution >= 4 is 5.78 Å². The lowest BCUT2D eigenvalue weighted by atomic mass is 9.51. The Labute approximate surface area is 127 Å². The Kier molecular flexibility index (Phi) is 2.93. The van der Waals surface area contributed by atoms with E-state index in [4.69, 9.17) is 6.42 Å². The molecule has 4 aliphatic rings. The molecule has 0 aromatic rings. The Morgan fingerprint density at radius 1 is 1.24 bits per heavy atom. The number of rotatable bonds is 0. The molecule has 0 heterocycles. The molecular weight excluding hydrogens is 256 g/mol. The van der Waals surface area contributed by atoms with Crippen molar-refractivity contribution in [2.24, 2.45) is 29.1 Å². The van der Waals surface area contributed by atoms with E-state index in [2.05, 4.69) is 18.9 Å². The molecule has 1 nitrogen and oxygen atoms in total. The summed E-state index contributed by atoms with van der Waals surface area (Å²) < 4.78 is 0. The van der Waals surface area contributed by atoms with E-state index < -0.39 is 0 Å². The number of hydrogen-bond acceptors (Lipinski definition) is 1. The van der Waals surface area contributed by atoms with Crippen molar-refractivity contribution in [2.45, 2.75) is 51.9 Å². The second-order valence-corrected chi connectivity index (χ2v) is 7.76. The molecule has 0 spiro atoms. The van der Waals surface area contributed by atoms with Gasteiger partial charge in [0.2, 0.25) is 0 Å². The van der Waals surface area contributed by atoms with Crippen LogP contribution in [0.3, 0.4) is 0 Å². The number of ketones is 1. The van der Waals surface area contributed by atoms with Gasteiger partial charge in [0.25, 0.3) is 0 Å².